The van der Waals surface area contributed by atoms with Gasteiger partial charge in [0.2, 0.25) is 0 Å². The summed E-state index contributed by atoms with van der Waals surface area (Å²) in [5, 5.41) is 3.36. The summed E-state index contributed by atoms with van der Waals surface area (Å²) in [7, 11) is 0. The van der Waals surface area contributed by atoms with Crippen molar-refractivity contribution in [3.63, 3.8) is 0 Å². The lowest BCUT2D eigenvalue weighted by Gasteiger charge is -2.32. The lowest BCUT2D eigenvalue weighted by atomic mass is 9.77. The average Bonchev–Trinajstić information content (AvgIpc) is 3.82. The zero-order chi connectivity index (χ0) is 31.1. The van der Waals surface area contributed by atoms with Gasteiger partial charge in [-0.1, -0.05) is 51.5 Å². The molecule has 2 atom stereocenters. The molecule has 43 heavy (non-hydrogen) atoms. The van der Waals surface area contributed by atoms with E-state index in [2.05, 4.69) is 43.2 Å². The first-order valence-electron chi connectivity index (χ1n) is 15.8. The summed E-state index contributed by atoms with van der Waals surface area (Å²) in [4.78, 5) is 20.6. The fourth-order valence-corrected chi connectivity index (χ4v) is 5.88. The fourth-order valence-electron chi connectivity index (χ4n) is 5.88. The number of piperidine rings is 1. The van der Waals surface area contributed by atoms with Crippen molar-refractivity contribution in [1.29, 1.82) is 0 Å². The van der Waals surface area contributed by atoms with Crippen LogP contribution < -0.4 is 16.8 Å². The number of anilines is 1. The third-order valence-electron chi connectivity index (χ3n) is 8.87. The molecule has 1 aromatic rings. The SMILES string of the molecule is CC/C(=C\C(=C/N)CN1CCC(F)(F)CC1)C1=CC=C(N)C(C(C(=O)[C@H](C)c2ccc(NCCC(C)C)nc2)=C2CC2)C1. The predicted octanol–water partition coefficient (Wildman–Crippen LogP) is 7.00. The molecule has 0 aromatic carbocycles. The number of nitrogens with two attached hydrogens (primary N) is 2. The van der Waals surface area contributed by atoms with Gasteiger partial charge in [-0.3, -0.25) is 9.69 Å². The van der Waals surface area contributed by atoms with Crippen LogP contribution in [0.5, 0.6) is 0 Å². The number of nitrogens with one attached hydrogen (secondary N) is 1. The second-order valence-electron chi connectivity index (χ2n) is 12.7. The quantitative estimate of drug-likeness (QED) is 0.168. The molecule has 2 fully saturated rings. The van der Waals surface area contributed by atoms with E-state index in [-0.39, 0.29) is 30.5 Å². The summed E-state index contributed by atoms with van der Waals surface area (Å²) < 4.78 is 27.3. The number of likely N-dealkylation sites (tertiary alicyclic amines) is 1. The van der Waals surface area contributed by atoms with E-state index >= 15 is 0 Å². The maximum Gasteiger partial charge on any atom is 0.250 e. The summed E-state index contributed by atoms with van der Waals surface area (Å²) in [6.07, 6.45) is 13.6. The number of Topliss-reactive ketones (excluding diaryl/α,β-unsaturated/α-hetero) is 1. The van der Waals surface area contributed by atoms with Gasteiger partial charge in [0.05, 0.1) is 0 Å². The van der Waals surface area contributed by atoms with E-state index in [0.29, 0.717) is 37.7 Å². The van der Waals surface area contributed by atoms with E-state index in [0.717, 1.165) is 65.9 Å². The molecule has 6 nitrogen and oxygen atoms in total. The number of nitrogens with zero attached hydrogens (tertiary/aromatic N) is 2. The number of rotatable bonds is 13. The van der Waals surface area contributed by atoms with Crippen molar-refractivity contribution >= 4 is 11.6 Å². The molecular formula is C35H49F2N5O. The van der Waals surface area contributed by atoms with Crippen LogP contribution in [0.4, 0.5) is 14.6 Å². The number of halogens is 2. The fraction of sp³-hybridized carbons (Fsp3) is 0.543. The molecule has 2 heterocycles. The van der Waals surface area contributed by atoms with Crippen molar-refractivity contribution in [3.05, 3.63) is 81.9 Å². The zero-order valence-corrected chi connectivity index (χ0v) is 26.3. The van der Waals surface area contributed by atoms with Gasteiger partial charge in [-0.2, -0.15) is 0 Å². The average molecular weight is 594 g/mol. The van der Waals surface area contributed by atoms with Crippen LogP contribution in [0, 0.1) is 11.8 Å². The van der Waals surface area contributed by atoms with Crippen molar-refractivity contribution in [3.8, 4) is 0 Å². The Morgan fingerprint density at radius 1 is 1.19 bits per heavy atom. The molecule has 0 bridgehead atoms. The van der Waals surface area contributed by atoms with Gasteiger partial charge in [0, 0.05) is 68.3 Å². The lowest BCUT2D eigenvalue weighted by Crippen LogP contribution is -2.40. The first-order chi connectivity index (χ1) is 20.5. The highest BCUT2D eigenvalue weighted by atomic mass is 19.3. The smallest absolute Gasteiger partial charge is 0.250 e. The summed E-state index contributed by atoms with van der Waals surface area (Å²) in [5.74, 6) is -1.52. The van der Waals surface area contributed by atoms with E-state index < -0.39 is 5.92 Å². The molecule has 0 spiro atoms. The van der Waals surface area contributed by atoms with E-state index in [1.54, 1.807) is 6.20 Å². The molecular weight excluding hydrogens is 544 g/mol. The number of carbonyl (C=O) groups is 1. The summed E-state index contributed by atoms with van der Waals surface area (Å²) >= 11 is 0. The Morgan fingerprint density at radius 3 is 2.49 bits per heavy atom. The van der Waals surface area contributed by atoms with Crippen LogP contribution in [0.25, 0.3) is 0 Å². The topological polar surface area (TPSA) is 97.3 Å². The highest BCUT2D eigenvalue weighted by molar-refractivity contribution is 6.02. The minimum Gasteiger partial charge on any atom is -0.404 e. The highest BCUT2D eigenvalue weighted by Gasteiger charge is 2.36. The lowest BCUT2D eigenvalue weighted by molar-refractivity contribution is -0.117. The molecule has 2 aliphatic carbocycles. The van der Waals surface area contributed by atoms with Crippen LogP contribution in [0.1, 0.15) is 84.1 Å². The Bertz CT molecular complexity index is 1290. The van der Waals surface area contributed by atoms with E-state index in [9.17, 15) is 13.6 Å². The van der Waals surface area contributed by atoms with Gasteiger partial charge in [0.25, 0.3) is 5.92 Å². The van der Waals surface area contributed by atoms with Crippen LogP contribution in [-0.2, 0) is 4.79 Å². The van der Waals surface area contributed by atoms with Gasteiger partial charge < -0.3 is 16.8 Å². The number of allylic oxidation sites excluding steroid dienone is 6. The maximum atomic E-state index is 14.0. The first-order valence-corrected chi connectivity index (χ1v) is 15.8. The van der Waals surface area contributed by atoms with Gasteiger partial charge in [0.1, 0.15) is 5.82 Å². The summed E-state index contributed by atoms with van der Waals surface area (Å²) in [6, 6.07) is 3.95. The van der Waals surface area contributed by atoms with Gasteiger partial charge in [-0.25, -0.2) is 13.8 Å². The van der Waals surface area contributed by atoms with Crippen molar-refractivity contribution in [2.75, 3.05) is 31.5 Å². The molecule has 3 aliphatic rings. The van der Waals surface area contributed by atoms with Crippen molar-refractivity contribution < 1.29 is 13.6 Å². The summed E-state index contributed by atoms with van der Waals surface area (Å²) in [6.45, 7) is 10.6. The van der Waals surface area contributed by atoms with Crippen molar-refractivity contribution in [2.45, 2.75) is 84.5 Å². The van der Waals surface area contributed by atoms with Crippen LogP contribution >= 0.6 is 0 Å². The molecule has 1 saturated heterocycles. The predicted molar refractivity (Wildman–Crippen MR) is 172 cm³/mol. The maximum absolute atomic E-state index is 14.0. The molecule has 1 aliphatic heterocycles. The molecule has 5 N–H and O–H groups in total. The second kappa shape index (κ2) is 14.5. The van der Waals surface area contributed by atoms with Gasteiger partial charge in [-0.15, -0.1) is 0 Å². The first kappa shape index (κ1) is 32.6. The van der Waals surface area contributed by atoms with Crippen molar-refractivity contribution in [1.82, 2.24) is 9.88 Å². The molecule has 8 heteroatoms. The van der Waals surface area contributed by atoms with Gasteiger partial charge >= 0.3 is 0 Å². The van der Waals surface area contributed by atoms with Crippen molar-refractivity contribution in [2.24, 2.45) is 23.3 Å². The molecule has 0 radical (unpaired) electrons. The number of ketones is 1. The number of hydrogen-bond donors (Lipinski definition) is 3. The zero-order valence-electron chi connectivity index (χ0n) is 26.3. The Kier molecular flexibility index (Phi) is 11.0. The van der Waals surface area contributed by atoms with Gasteiger partial charge in [0.15, 0.2) is 5.78 Å². The number of carbonyl (C=O) groups excluding carboxylic acids is 1. The van der Waals surface area contributed by atoms with E-state index in [4.69, 9.17) is 11.5 Å². The van der Waals surface area contributed by atoms with Gasteiger partial charge in [-0.05, 0) is 78.6 Å². The Morgan fingerprint density at radius 2 is 1.91 bits per heavy atom. The number of hydrogen-bond acceptors (Lipinski definition) is 6. The highest BCUT2D eigenvalue weighted by Crippen LogP contribution is 2.43. The van der Waals surface area contributed by atoms with E-state index in [1.807, 2.05) is 36.2 Å². The number of pyridine rings is 1. The molecule has 1 aromatic heterocycles. The molecule has 234 valence electrons. The molecule has 1 saturated carbocycles. The third kappa shape index (κ3) is 8.88. The molecule has 4 rings (SSSR count). The number of aromatic nitrogens is 1. The largest absolute Gasteiger partial charge is 0.404 e. The van der Waals surface area contributed by atoms with E-state index in [1.165, 1.54) is 5.57 Å². The number of alkyl halides is 2. The minimum absolute atomic E-state index is 0.115. The minimum atomic E-state index is -2.57. The van der Waals surface area contributed by atoms with Crippen LogP contribution in [-0.4, -0.2) is 47.8 Å². The Hall–Kier alpha value is -3.26. The molecule has 0 amide bonds. The van der Waals surface area contributed by atoms with Crippen LogP contribution in [0.3, 0.4) is 0 Å². The third-order valence-corrected chi connectivity index (χ3v) is 8.87. The second-order valence-corrected chi connectivity index (χ2v) is 12.7. The Labute approximate surface area is 256 Å². The normalized spacial score (nSPS) is 21.7. The standard InChI is InChI=1S/C35H49F2N5O/c1-5-26(18-25(20-38)22-42-16-13-35(36,37)14-17-42)28-8-10-31(39)30(19-28)33(27-6-7-27)34(43)24(4)29-9-11-32(41-21-29)40-15-12-23(2)3/h8-11,18,20-21,23-24,30H,5-7,12-17,19,22,38-39H2,1-4H3,(H,40,41)/b25-20+,26-18+/t24-,30?/m1/s1. The molecule has 1 unspecified atom stereocenters. The van der Waals surface area contributed by atoms with Crippen LogP contribution in [0.2, 0.25) is 0 Å². The summed E-state index contributed by atoms with van der Waals surface area (Å²) in [5.41, 5.74) is 19.4. The monoisotopic (exact) mass is 593 g/mol. The van der Waals surface area contributed by atoms with Crippen LogP contribution in [0.15, 0.2) is 76.3 Å². The Balaban J connectivity index is 1.46.